The smallest absolute Gasteiger partial charge is 0.497 e. The molecule has 0 saturated carbocycles. The molecule has 3 rings (SSSR count). The van der Waals surface area contributed by atoms with Crippen LogP contribution in [0, 0.1) is 0 Å². The summed E-state index contributed by atoms with van der Waals surface area (Å²) in [6, 6.07) is 15.1. The van der Waals surface area contributed by atoms with E-state index in [1.54, 1.807) is 50.2 Å². The van der Waals surface area contributed by atoms with Gasteiger partial charge in [-0.15, -0.1) is 18.2 Å². The summed E-state index contributed by atoms with van der Waals surface area (Å²) in [6.07, 6.45) is -3.13. The minimum Gasteiger partial charge on any atom is -0.497 e. The van der Waals surface area contributed by atoms with Crippen molar-refractivity contribution in [1.82, 2.24) is 5.43 Å². The molecule has 17 heteroatoms. The molecule has 0 bridgehead atoms. The summed E-state index contributed by atoms with van der Waals surface area (Å²) in [5.74, 6) is 0.231. The highest BCUT2D eigenvalue weighted by atomic mass is 35.5. The Bertz CT molecular complexity index is 1580. The number of alkyl halides is 3. The first-order valence-corrected chi connectivity index (χ1v) is 14.8. The van der Waals surface area contributed by atoms with Gasteiger partial charge in [-0.2, -0.15) is 5.10 Å². The highest BCUT2D eigenvalue weighted by molar-refractivity contribution is 8.13. The van der Waals surface area contributed by atoms with E-state index in [0.29, 0.717) is 22.6 Å². The lowest BCUT2D eigenvalue weighted by molar-refractivity contribution is -0.303. The van der Waals surface area contributed by atoms with Gasteiger partial charge in [0, 0.05) is 17.7 Å². The highest BCUT2D eigenvalue weighted by Crippen LogP contribution is 2.37. The van der Waals surface area contributed by atoms with Crippen molar-refractivity contribution in [3.05, 3.63) is 81.8 Å². The number of nitrogens with zero attached hydrogens (tertiary/aromatic N) is 3. The second-order valence-electron chi connectivity index (χ2n) is 9.03. The summed E-state index contributed by atoms with van der Waals surface area (Å²) in [6.45, 7) is 3.39. The maximum Gasteiger partial charge on any atom is 0.573 e. The number of halogens is 5. The molecule has 3 aromatic rings. The lowest BCUT2D eigenvalue weighted by atomic mass is 10.1. The minimum atomic E-state index is -4.77. The number of rotatable bonds is 11. The van der Waals surface area contributed by atoms with Crippen LogP contribution < -0.4 is 25.6 Å². The Morgan fingerprint density at radius 3 is 2.30 bits per heavy atom. The molecule has 0 amide bonds. The van der Waals surface area contributed by atoms with Crippen LogP contribution in [0.25, 0.3) is 0 Å². The molecule has 0 saturated heterocycles. The van der Waals surface area contributed by atoms with E-state index in [-0.39, 0.29) is 44.5 Å². The Morgan fingerprint density at radius 2 is 1.72 bits per heavy atom. The van der Waals surface area contributed by atoms with E-state index in [1.165, 1.54) is 31.8 Å². The molecule has 0 unspecified atom stereocenters. The lowest BCUT2D eigenvalue weighted by Crippen LogP contribution is -2.74. The van der Waals surface area contributed by atoms with Gasteiger partial charge in [0.1, 0.15) is 28.8 Å². The number of hydrazone groups is 1. The summed E-state index contributed by atoms with van der Waals surface area (Å²) < 4.78 is 55.9. The quantitative estimate of drug-likeness (QED) is 0.0737. The standard InChI is InChI=1S/C29H27Cl2F3N6O5S/c1-17(2)44-28(41)43-16-46-27(39-25-23(30)12-22(42-3)13-24(25)31)40-38-14-18-4-6-19(7-5-18)26(35)37-15-36-20-8-10-21(11-9-20)45-29(32,33)34/h4-15,17H,16H2,1-3H3,(H,39,40)(H2,35,36,37)/p+1/b38-14+. The van der Waals surface area contributed by atoms with Gasteiger partial charge in [-0.05, 0) is 67.6 Å². The zero-order chi connectivity index (χ0) is 33.7. The van der Waals surface area contributed by atoms with Gasteiger partial charge < -0.3 is 24.7 Å². The third-order valence-electron chi connectivity index (χ3n) is 5.24. The molecule has 0 fully saturated rings. The summed E-state index contributed by atoms with van der Waals surface area (Å²) in [7, 11) is 1.48. The van der Waals surface area contributed by atoms with E-state index in [9.17, 15) is 18.0 Å². The van der Waals surface area contributed by atoms with Gasteiger partial charge in [-0.25, -0.2) is 14.8 Å². The van der Waals surface area contributed by atoms with Crippen LogP contribution in [-0.4, -0.2) is 55.2 Å². The largest absolute Gasteiger partial charge is 0.573 e. The SMILES string of the molecule is COc1cc(Cl)c(N=C(N/N=C/c2ccc(C(N)=[NH+]C=Nc3ccc(OC(F)(F)F)cc3)cc2)SCOC(=O)OC(C)C)c(Cl)c1. The van der Waals surface area contributed by atoms with Crippen molar-refractivity contribution in [2.24, 2.45) is 20.8 Å². The highest BCUT2D eigenvalue weighted by Gasteiger charge is 2.31. The van der Waals surface area contributed by atoms with Crippen LogP contribution in [0.4, 0.5) is 29.3 Å². The maximum atomic E-state index is 12.3. The number of carbonyl (C=O) groups excluding carboxylic acids is 1. The molecule has 46 heavy (non-hydrogen) atoms. The molecular weight excluding hydrogens is 672 g/mol. The average molecular weight is 701 g/mol. The molecule has 244 valence electrons. The first-order valence-electron chi connectivity index (χ1n) is 13.1. The van der Waals surface area contributed by atoms with Gasteiger partial charge in [-0.1, -0.05) is 35.3 Å². The Balaban J connectivity index is 1.66. The number of nitrogens with one attached hydrogen (secondary N) is 2. The number of methoxy groups -OCH3 is 1. The fourth-order valence-corrected chi connectivity index (χ4v) is 4.31. The van der Waals surface area contributed by atoms with Gasteiger partial charge in [-0.3, -0.25) is 5.43 Å². The topological polar surface area (TPSA) is 143 Å². The molecule has 0 spiro atoms. The normalized spacial score (nSPS) is 12.5. The number of nitrogen functional groups attached to an aromatic ring is 1. The minimum absolute atomic E-state index is 0.143. The zero-order valence-corrected chi connectivity index (χ0v) is 26.8. The van der Waals surface area contributed by atoms with E-state index in [0.717, 1.165) is 23.9 Å². The van der Waals surface area contributed by atoms with Gasteiger partial charge in [0.05, 0.1) is 29.5 Å². The van der Waals surface area contributed by atoms with Crippen molar-refractivity contribution in [2.75, 3.05) is 13.0 Å². The fraction of sp³-hybridized carbons (Fsp3) is 0.207. The van der Waals surface area contributed by atoms with Crippen LogP contribution in [0.5, 0.6) is 11.5 Å². The molecule has 0 atom stereocenters. The fourth-order valence-electron chi connectivity index (χ4n) is 3.22. The second-order valence-corrected chi connectivity index (χ2v) is 10.8. The first kappa shape index (κ1) is 36.0. The Morgan fingerprint density at radius 1 is 1.07 bits per heavy atom. The van der Waals surface area contributed by atoms with Crippen molar-refractivity contribution in [3.8, 4) is 11.5 Å². The molecule has 11 nitrogen and oxygen atoms in total. The summed E-state index contributed by atoms with van der Waals surface area (Å²) in [5, 5.41) is 4.87. The van der Waals surface area contributed by atoms with E-state index < -0.39 is 12.5 Å². The van der Waals surface area contributed by atoms with Gasteiger partial charge in [0.15, 0.2) is 5.17 Å². The number of benzene rings is 3. The molecular formula is C29H28Cl2F3N6O5S+. The second kappa shape index (κ2) is 17.3. The van der Waals surface area contributed by atoms with Crippen molar-refractivity contribution >= 4 is 76.1 Å². The number of thioether (sulfide) groups is 1. The summed E-state index contributed by atoms with van der Waals surface area (Å²) >= 11 is 13.7. The zero-order valence-electron chi connectivity index (χ0n) is 24.5. The Hall–Kier alpha value is -4.47. The number of hydrogen-bond donors (Lipinski definition) is 3. The van der Waals surface area contributed by atoms with Gasteiger partial charge >= 0.3 is 12.5 Å². The number of hydrogen-bond acceptors (Lipinski definition) is 9. The number of amidine groups is 2. The summed E-state index contributed by atoms with van der Waals surface area (Å²) in [5.41, 5.74) is 10.8. The van der Waals surface area contributed by atoms with Crippen LogP contribution in [0.3, 0.4) is 0 Å². The van der Waals surface area contributed by atoms with Crippen molar-refractivity contribution in [1.29, 1.82) is 0 Å². The van der Waals surface area contributed by atoms with Gasteiger partial charge in [0.25, 0.3) is 0 Å². The van der Waals surface area contributed by atoms with Crippen molar-refractivity contribution < 1.29 is 41.9 Å². The molecule has 0 aliphatic rings. The molecule has 0 radical (unpaired) electrons. The van der Waals surface area contributed by atoms with E-state index in [1.807, 2.05) is 0 Å². The number of carbonyl (C=O) groups is 1. The summed E-state index contributed by atoms with van der Waals surface area (Å²) in [4.78, 5) is 23.1. The number of nitrogens with two attached hydrogens (primary N) is 1. The molecule has 4 N–H and O–H groups in total. The van der Waals surface area contributed by atoms with Crippen LogP contribution >= 0.6 is 35.0 Å². The van der Waals surface area contributed by atoms with E-state index in [4.69, 9.17) is 43.1 Å². The van der Waals surface area contributed by atoms with Crippen molar-refractivity contribution in [2.45, 2.75) is 26.3 Å². The number of ether oxygens (including phenoxy) is 4. The Labute approximate surface area is 276 Å². The van der Waals surface area contributed by atoms with Crippen LogP contribution in [0.1, 0.15) is 25.0 Å². The molecule has 0 aliphatic heterocycles. The predicted octanol–water partition coefficient (Wildman–Crippen LogP) is 5.91. The van der Waals surface area contributed by atoms with Crippen LogP contribution in [-0.2, 0) is 9.47 Å². The molecule has 0 heterocycles. The lowest BCUT2D eigenvalue weighted by Gasteiger charge is -2.10. The predicted molar refractivity (Wildman–Crippen MR) is 173 cm³/mol. The molecule has 0 aromatic heterocycles. The van der Waals surface area contributed by atoms with Crippen LogP contribution in [0.15, 0.2) is 75.7 Å². The number of aliphatic imine (C=N–C) groups is 2. The maximum absolute atomic E-state index is 12.3. The monoisotopic (exact) mass is 699 g/mol. The third-order valence-corrected chi connectivity index (χ3v) is 6.51. The molecule has 3 aromatic carbocycles. The van der Waals surface area contributed by atoms with Crippen LogP contribution in [0.2, 0.25) is 10.0 Å². The van der Waals surface area contributed by atoms with Gasteiger partial charge in [0.2, 0.25) is 12.2 Å². The van der Waals surface area contributed by atoms with E-state index >= 15 is 0 Å². The van der Waals surface area contributed by atoms with Crippen molar-refractivity contribution in [3.63, 3.8) is 0 Å². The first-order chi connectivity index (χ1) is 21.8. The van der Waals surface area contributed by atoms with E-state index in [2.05, 4.69) is 30.2 Å². The Kier molecular flexibility index (Phi) is 13.5. The molecule has 0 aliphatic carbocycles. The average Bonchev–Trinajstić information content (AvgIpc) is 2.98. The third kappa shape index (κ3) is 12.5.